The topological polar surface area (TPSA) is 25.8 Å². The predicted molar refractivity (Wildman–Crippen MR) is 48.6 cm³/mol. The Morgan fingerprint density at radius 3 is 2.75 bits per heavy atom. The van der Waals surface area contributed by atoms with Gasteiger partial charge in [-0.25, -0.2) is 9.97 Å². The zero-order chi connectivity index (χ0) is 8.55. The molecule has 0 atom stereocenters. The van der Waals surface area contributed by atoms with Crippen LogP contribution in [0.2, 0.25) is 5.15 Å². The molecule has 1 aromatic heterocycles. The fourth-order valence-corrected chi connectivity index (χ4v) is 1.43. The number of alkyl halides is 1. The van der Waals surface area contributed by atoms with Crippen molar-refractivity contribution >= 4 is 23.2 Å². The summed E-state index contributed by atoms with van der Waals surface area (Å²) in [5, 5.41) is 0.502. The number of nitrogens with zero attached hydrogens (tertiary/aromatic N) is 2. The molecule has 1 aliphatic carbocycles. The van der Waals surface area contributed by atoms with Gasteiger partial charge in [-0.2, -0.15) is 0 Å². The summed E-state index contributed by atoms with van der Waals surface area (Å²) < 4.78 is 0. The van der Waals surface area contributed by atoms with Crippen LogP contribution in [-0.2, 0) is 5.88 Å². The van der Waals surface area contributed by atoms with Gasteiger partial charge in [-0.05, 0) is 18.9 Å². The van der Waals surface area contributed by atoms with Crippen LogP contribution in [0.3, 0.4) is 0 Å². The van der Waals surface area contributed by atoms with E-state index < -0.39 is 0 Å². The van der Waals surface area contributed by atoms with Gasteiger partial charge in [-0.15, -0.1) is 11.6 Å². The third-order valence-corrected chi connectivity index (χ3v) is 2.31. The van der Waals surface area contributed by atoms with Crippen molar-refractivity contribution in [2.45, 2.75) is 24.6 Å². The maximum Gasteiger partial charge on any atom is 0.133 e. The highest BCUT2D eigenvalue weighted by Crippen LogP contribution is 2.38. The Bertz CT molecular complexity index is 297. The molecular formula is C8H8Cl2N2. The molecule has 64 valence electrons. The van der Waals surface area contributed by atoms with Gasteiger partial charge in [0.2, 0.25) is 0 Å². The van der Waals surface area contributed by atoms with Crippen LogP contribution in [0.25, 0.3) is 0 Å². The molecular weight excluding hydrogens is 195 g/mol. The van der Waals surface area contributed by atoms with E-state index in [-0.39, 0.29) is 0 Å². The average molecular weight is 203 g/mol. The smallest absolute Gasteiger partial charge is 0.133 e. The monoisotopic (exact) mass is 202 g/mol. The number of rotatable bonds is 2. The quantitative estimate of drug-likeness (QED) is 0.545. The lowest BCUT2D eigenvalue weighted by Crippen LogP contribution is -1.96. The maximum absolute atomic E-state index is 5.79. The van der Waals surface area contributed by atoms with Crippen molar-refractivity contribution in [2.24, 2.45) is 0 Å². The minimum Gasteiger partial charge on any atom is -0.236 e. The second kappa shape index (κ2) is 3.19. The van der Waals surface area contributed by atoms with Crippen LogP contribution in [-0.4, -0.2) is 9.97 Å². The molecule has 2 rings (SSSR count). The summed E-state index contributed by atoms with van der Waals surface area (Å²) in [5.41, 5.74) is 0.818. The molecule has 1 saturated carbocycles. The lowest BCUT2D eigenvalue weighted by Gasteiger charge is -2.00. The van der Waals surface area contributed by atoms with Crippen LogP contribution in [0, 0.1) is 0 Å². The molecule has 4 heteroatoms. The second-order valence-corrected chi connectivity index (χ2v) is 3.60. The summed E-state index contributed by atoms with van der Waals surface area (Å²) in [6.45, 7) is 0. The molecule has 0 amide bonds. The first-order chi connectivity index (χ1) is 5.79. The lowest BCUT2D eigenvalue weighted by molar-refractivity contribution is 0.901. The van der Waals surface area contributed by atoms with E-state index in [2.05, 4.69) is 9.97 Å². The molecule has 0 saturated heterocycles. The van der Waals surface area contributed by atoms with E-state index in [1.807, 2.05) is 0 Å². The van der Waals surface area contributed by atoms with Crippen LogP contribution in [0.4, 0.5) is 0 Å². The summed E-state index contributed by atoms with van der Waals surface area (Å²) >= 11 is 11.4. The Balaban J connectivity index is 2.34. The average Bonchev–Trinajstić information content (AvgIpc) is 2.85. The standard InChI is InChI=1S/C8H8Cl2N2/c9-4-6-3-7(10)12-8(11-6)5-1-2-5/h3,5H,1-2,4H2. The number of halogens is 2. The van der Waals surface area contributed by atoms with Crippen LogP contribution in [0.15, 0.2) is 6.07 Å². The third-order valence-electron chi connectivity index (χ3n) is 1.84. The summed E-state index contributed by atoms with van der Waals surface area (Å²) in [6, 6.07) is 1.71. The van der Waals surface area contributed by atoms with E-state index in [9.17, 15) is 0 Å². The minimum atomic E-state index is 0.405. The van der Waals surface area contributed by atoms with Crippen molar-refractivity contribution < 1.29 is 0 Å². The molecule has 0 radical (unpaired) electrons. The minimum absolute atomic E-state index is 0.405. The second-order valence-electron chi connectivity index (χ2n) is 2.95. The molecule has 0 aliphatic heterocycles. The lowest BCUT2D eigenvalue weighted by atomic mass is 10.3. The van der Waals surface area contributed by atoms with E-state index in [1.165, 1.54) is 12.8 Å². The van der Waals surface area contributed by atoms with Crippen molar-refractivity contribution in [3.8, 4) is 0 Å². The van der Waals surface area contributed by atoms with Crippen molar-refractivity contribution in [3.63, 3.8) is 0 Å². The van der Waals surface area contributed by atoms with E-state index in [0.29, 0.717) is 17.0 Å². The Kier molecular flexibility index (Phi) is 2.20. The van der Waals surface area contributed by atoms with E-state index >= 15 is 0 Å². The Labute approximate surface area is 80.9 Å². The molecule has 0 aromatic carbocycles. The Morgan fingerprint density at radius 1 is 1.42 bits per heavy atom. The molecule has 1 aliphatic rings. The van der Waals surface area contributed by atoms with Gasteiger partial charge in [-0.1, -0.05) is 11.6 Å². The van der Waals surface area contributed by atoms with Gasteiger partial charge >= 0.3 is 0 Å². The SMILES string of the molecule is ClCc1cc(Cl)nc(C2CC2)n1. The maximum atomic E-state index is 5.79. The number of aromatic nitrogens is 2. The van der Waals surface area contributed by atoms with Crippen LogP contribution >= 0.6 is 23.2 Å². The van der Waals surface area contributed by atoms with Gasteiger partial charge < -0.3 is 0 Å². The van der Waals surface area contributed by atoms with Crippen LogP contribution in [0.5, 0.6) is 0 Å². The molecule has 0 spiro atoms. The fourth-order valence-electron chi connectivity index (χ4n) is 1.08. The van der Waals surface area contributed by atoms with Crippen LogP contribution in [0.1, 0.15) is 30.3 Å². The predicted octanol–water partition coefficient (Wildman–Crippen LogP) is 2.75. The number of hydrogen-bond acceptors (Lipinski definition) is 2. The largest absolute Gasteiger partial charge is 0.236 e. The fraction of sp³-hybridized carbons (Fsp3) is 0.500. The van der Waals surface area contributed by atoms with Crippen molar-refractivity contribution in [3.05, 3.63) is 22.7 Å². The van der Waals surface area contributed by atoms with Crippen molar-refractivity contribution in [1.29, 1.82) is 0 Å². The van der Waals surface area contributed by atoms with Gasteiger partial charge in [0, 0.05) is 5.92 Å². The summed E-state index contributed by atoms with van der Waals surface area (Å²) in [6.07, 6.45) is 2.37. The highest BCUT2D eigenvalue weighted by Gasteiger charge is 2.26. The summed E-state index contributed by atoms with van der Waals surface area (Å²) in [4.78, 5) is 8.43. The van der Waals surface area contributed by atoms with E-state index in [0.717, 1.165) is 11.5 Å². The molecule has 0 unspecified atom stereocenters. The van der Waals surface area contributed by atoms with Crippen LogP contribution < -0.4 is 0 Å². The molecule has 0 N–H and O–H groups in total. The Hall–Kier alpha value is -0.340. The molecule has 1 fully saturated rings. The zero-order valence-electron chi connectivity index (χ0n) is 6.43. The summed E-state index contributed by atoms with van der Waals surface area (Å²) in [5.74, 6) is 1.80. The normalized spacial score (nSPS) is 16.5. The molecule has 1 aromatic rings. The van der Waals surface area contributed by atoms with E-state index in [1.54, 1.807) is 6.07 Å². The van der Waals surface area contributed by atoms with Gasteiger partial charge in [0.05, 0.1) is 11.6 Å². The molecule has 12 heavy (non-hydrogen) atoms. The highest BCUT2D eigenvalue weighted by molar-refractivity contribution is 6.29. The molecule has 0 bridgehead atoms. The van der Waals surface area contributed by atoms with Gasteiger partial charge in [0.1, 0.15) is 11.0 Å². The van der Waals surface area contributed by atoms with Gasteiger partial charge in [0.15, 0.2) is 0 Å². The highest BCUT2D eigenvalue weighted by atomic mass is 35.5. The third kappa shape index (κ3) is 1.70. The first kappa shape index (κ1) is 8.27. The molecule has 2 nitrogen and oxygen atoms in total. The number of hydrogen-bond donors (Lipinski definition) is 0. The van der Waals surface area contributed by atoms with Crippen molar-refractivity contribution in [1.82, 2.24) is 9.97 Å². The molecule has 1 heterocycles. The summed E-state index contributed by atoms with van der Waals surface area (Å²) in [7, 11) is 0. The van der Waals surface area contributed by atoms with Gasteiger partial charge in [0.25, 0.3) is 0 Å². The Morgan fingerprint density at radius 2 is 2.17 bits per heavy atom. The first-order valence-corrected chi connectivity index (χ1v) is 4.80. The van der Waals surface area contributed by atoms with Crippen molar-refractivity contribution in [2.75, 3.05) is 0 Å². The van der Waals surface area contributed by atoms with Gasteiger partial charge in [-0.3, -0.25) is 0 Å². The zero-order valence-corrected chi connectivity index (χ0v) is 7.94. The first-order valence-electron chi connectivity index (χ1n) is 3.89. The van der Waals surface area contributed by atoms with E-state index in [4.69, 9.17) is 23.2 Å².